The smallest absolute Gasteiger partial charge is 0.317 e. The highest BCUT2D eigenvalue weighted by molar-refractivity contribution is 5.96. The number of hydrogen-bond acceptors (Lipinski definition) is 8. The minimum Gasteiger partial charge on any atom is -0.490 e. The van der Waals surface area contributed by atoms with Crippen molar-refractivity contribution in [1.29, 1.82) is 0 Å². The number of carbonyl (C=O) groups is 2. The van der Waals surface area contributed by atoms with Gasteiger partial charge in [-0.15, -0.1) is 0 Å². The van der Waals surface area contributed by atoms with Crippen LogP contribution in [0.2, 0.25) is 0 Å². The van der Waals surface area contributed by atoms with E-state index in [2.05, 4.69) is 25.4 Å². The van der Waals surface area contributed by atoms with Gasteiger partial charge in [-0.1, -0.05) is 12.8 Å². The Labute approximate surface area is 236 Å². The number of rotatable bonds is 8. The van der Waals surface area contributed by atoms with E-state index in [0.29, 0.717) is 18.2 Å². The van der Waals surface area contributed by atoms with Crippen molar-refractivity contribution in [2.45, 2.75) is 69.6 Å². The third-order valence-electron chi connectivity index (χ3n) is 8.21. The lowest BCUT2D eigenvalue weighted by atomic mass is 10.0. The van der Waals surface area contributed by atoms with Gasteiger partial charge in [0.15, 0.2) is 11.5 Å². The third kappa shape index (κ3) is 6.93. The normalized spacial score (nSPS) is 20.8. The molecule has 3 heterocycles. The molecule has 40 heavy (non-hydrogen) atoms. The van der Waals surface area contributed by atoms with Crippen LogP contribution in [0.1, 0.15) is 61.9 Å². The summed E-state index contributed by atoms with van der Waals surface area (Å²) in [7, 11) is 3.45. The molecule has 11 heteroatoms. The lowest BCUT2D eigenvalue weighted by molar-refractivity contribution is 0.0768. The Balaban J connectivity index is 1.20. The van der Waals surface area contributed by atoms with Gasteiger partial charge in [-0.2, -0.15) is 0 Å². The molecule has 1 aromatic heterocycles. The van der Waals surface area contributed by atoms with Crippen LogP contribution in [0.5, 0.6) is 5.75 Å². The van der Waals surface area contributed by atoms with Gasteiger partial charge in [0.05, 0.1) is 6.20 Å². The van der Waals surface area contributed by atoms with Crippen LogP contribution >= 0.6 is 0 Å². The quantitative estimate of drug-likeness (QED) is 0.457. The van der Waals surface area contributed by atoms with Gasteiger partial charge < -0.3 is 35.8 Å². The predicted octanol–water partition coefficient (Wildman–Crippen LogP) is 3.34. The average molecular weight is 551 g/mol. The van der Waals surface area contributed by atoms with E-state index in [1.54, 1.807) is 20.3 Å². The summed E-state index contributed by atoms with van der Waals surface area (Å²) in [5.41, 5.74) is 6.44. The van der Waals surface area contributed by atoms with E-state index in [1.807, 2.05) is 24.3 Å². The van der Waals surface area contributed by atoms with Crippen LogP contribution < -0.4 is 26.0 Å². The number of benzene rings is 1. The standard InChI is InChI=1S/C29H42N8O3/c1-35(2)29(39)33-21-6-5-15-37(19-21)25-18-31-26(27(30)38)28(34-25)32-20-9-11-23(12-10-20)40-24-13-16-36(17-14-24)22-7-3-4-8-22/h9-12,18,21-22,24H,3-8,13-17,19H2,1-2H3,(H2,30,38)(H,32,34)(H,33,39)/t21-/m1/s1. The Morgan fingerprint density at radius 2 is 1.73 bits per heavy atom. The molecular weight excluding hydrogens is 508 g/mol. The Morgan fingerprint density at radius 1 is 1.00 bits per heavy atom. The number of likely N-dealkylation sites (tertiary alicyclic amines) is 1. The van der Waals surface area contributed by atoms with Crippen molar-refractivity contribution >= 4 is 29.3 Å². The van der Waals surface area contributed by atoms with Crippen LogP contribution in [0.25, 0.3) is 0 Å². The monoisotopic (exact) mass is 550 g/mol. The van der Waals surface area contributed by atoms with Crippen LogP contribution in [0.15, 0.2) is 30.5 Å². The minimum absolute atomic E-state index is 0.000155. The first-order chi connectivity index (χ1) is 19.4. The fraction of sp³-hybridized carbons (Fsp3) is 0.586. The largest absolute Gasteiger partial charge is 0.490 e. The fourth-order valence-electron chi connectivity index (χ4n) is 5.98. The molecule has 2 aliphatic heterocycles. The topological polar surface area (TPSA) is 129 Å². The highest BCUT2D eigenvalue weighted by atomic mass is 16.5. The zero-order chi connectivity index (χ0) is 28.1. The minimum atomic E-state index is -0.653. The molecule has 0 unspecified atom stereocenters. The van der Waals surface area contributed by atoms with Gasteiger partial charge >= 0.3 is 6.03 Å². The van der Waals surface area contributed by atoms with Gasteiger partial charge in [-0.05, 0) is 62.8 Å². The molecule has 0 spiro atoms. The van der Waals surface area contributed by atoms with Crippen LogP contribution in [-0.2, 0) is 0 Å². The third-order valence-corrected chi connectivity index (χ3v) is 8.21. The number of piperidine rings is 2. The molecule has 1 atom stereocenters. The van der Waals surface area contributed by atoms with Gasteiger partial charge in [-0.25, -0.2) is 14.8 Å². The molecule has 4 N–H and O–H groups in total. The second-order valence-corrected chi connectivity index (χ2v) is 11.4. The lowest BCUT2D eigenvalue weighted by Gasteiger charge is -2.36. The summed E-state index contributed by atoms with van der Waals surface area (Å²) in [6.45, 7) is 3.61. The maximum atomic E-state index is 12.1. The highest BCUT2D eigenvalue weighted by Crippen LogP contribution is 2.29. The van der Waals surface area contributed by atoms with E-state index in [4.69, 9.17) is 15.5 Å². The van der Waals surface area contributed by atoms with Crippen molar-refractivity contribution in [3.05, 3.63) is 36.2 Å². The highest BCUT2D eigenvalue weighted by Gasteiger charge is 2.28. The number of amides is 3. The number of nitrogens with zero attached hydrogens (tertiary/aromatic N) is 5. The molecule has 0 radical (unpaired) electrons. The number of primary amides is 1. The van der Waals surface area contributed by atoms with Crippen molar-refractivity contribution in [2.24, 2.45) is 5.73 Å². The summed E-state index contributed by atoms with van der Waals surface area (Å²) in [4.78, 5) is 39.5. The Hall–Kier alpha value is -3.60. The molecule has 3 aliphatic rings. The van der Waals surface area contributed by atoms with E-state index in [-0.39, 0.29) is 23.9 Å². The van der Waals surface area contributed by atoms with Gasteiger partial charge in [0.25, 0.3) is 5.91 Å². The number of aromatic nitrogens is 2. The summed E-state index contributed by atoms with van der Waals surface area (Å²) in [5.74, 6) is 1.11. The molecule has 1 aromatic carbocycles. The van der Waals surface area contributed by atoms with Crippen molar-refractivity contribution in [1.82, 2.24) is 25.1 Å². The second-order valence-electron chi connectivity index (χ2n) is 11.4. The second kappa shape index (κ2) is 12.7. The fourth-order valence-corrected chi connectivity index (χ4v) is 5.98. The molecule has 1 aliphatic carbocycles. The number of anilines is 3. The molecule has 5 rings (SSSR count). The van der Waals surface area contributed by atoms with Gasteiger partial charge in [0.1, 0.15) is 17.7 Å². The average Bonchev–Trinajstić information content (AvgIpc) is 3.50. The van der Waals surface area contributed by atoms with Crippen molar-refractivity contribution < 1.29 is 14.3 Å². The Bertz CT molecular complexity index is 1160. The van der Waals surface area contributed by atoms with Gasteiger partial charge in [0.2, 0.25) is 0 Å². The van der Waals surface area contributed by atoms with E-state index in [9.17, 15) is 9.59 Å². The molecule has 216 valence electrons. The predicted molar refractivity (Wildman–Crippen MR) is 155 cm³/mol. The first-order valence-corrected chi connectivity index (χ1v) is 14.5. The molecule has 0 bridgehead atoms. The Kier molecular flexibility index (Phi) is 8.88. The van der Waals surface area contributed by atoms with E-state index in [0.717, 1.165) is 62.8 Å². The number of hydrogen-bond donors (Lipinski definition) is 3. The summed E-state index contributed by atoms with van der Waals surface area (Å²) < 4.78 is 6.29. The summed E-state index contributed by atoms with van der Waals surface area (Å²) in [6.07, 6.45) is 11.1. The van der Waals surface area contributed by atoms with Crippen molar-refractivity contribution in [3.8, 4) is 5.75 Å². The lowest BCUT2D eigenvalue weighted by Crippen LogP contribution is -2.50. The SMILES string of the molecule is CN(C)C(=O)N[C@@H]1CCCN(c2cnc(C(N)=O)c(Nc3ccc(OC4CCN(C5CCCC5)CC4)cc3)n2)C1. The van der Waals surface area contributed by atoms with Crippen LogP contribution in [-0.4, -0.2) is 90.2 Å². The maximum Gasteiger partial charge on any atom is 0.317 e. The molecule has 1 saturated carbocycles. The Morgan fingerprint density at radius 3 is 2.40 bits per heavy atom. The number of nitrogens with one attached hydrogen (secondary N) is 2. The molecule has 2 saturated heterocycles. The van der Waals surface area contributed by atoms with Crippen molar-refractivity contribution in [2.75, 3.05) is 50.5 Å². The summed E-state index contributed by atoms with van der Waals surface area (Å²) >= 11 is 0. The number of ether oxygens (including phenoxy) is 1. The molecular formula is C29H42N8O3. The number of urea groups is 1. The summed E-state index contributed by atoms with van der Waals surface area (Å²) in [5, 5.41) is 6.26. The molecule has 11 nitrogen and oxygen atoms in total. The van der Waals surface area contributed by atoms with E-state index >= 15 is 0 Å². The van der Waals surface area contributed by atoms with E-state index in [1.165, 1.54) is 30.6 Å². The number of carbonyl (C=O) groups excluding carboxylic acids is 2. The zero-order valence-electron chi connectivity index (χ0n) is 23.6. The maximum absolute atomic E-state index is 12.1. The van der Waals surface area contributed by atoms with E-state index < -0.39 is 5.91 Å². The zero-order valence-corrected chi connectivity index (χ0v) is 23.6. The first kappa shape index (κ1) is 27.9. The molecule has 3 amide bonds. The summed E-state index contributed by atoms with van der Waals surface area (Å²) in [6, 6.07) is 8.36. The molecule has 2 aromatic rings. The van der Waals surface area contributed by atoms with Crippen LogP contribution in [0.4, 0.5) is 22.1 Å². The molecule has 3 fully saturated rings. The van der Waals surface area contributed by atoms with Gasteiger partial charge in [-0.3, -0.25) is 4.79 Å². The van der Waals surface area contributed by atoms with Crippen LogP contribution in [0, 0.1) is 0 Å². The van der Waals surface area contributed by atoms with Crippen LogP contribution in [0.3, 0.4) is 0 Å². The number of nitrogens with two attached hydrogens (primary N) is 1. The van der Waals surface area contributed by atoms with Crippen molar-refractivity contribution in [3.63, 3.8) is 0 Å². The van der Waals surface area contributed by atoms with Gasteiger partial charge in [0, 0.05) is 58.0 Å². The first-order valence-electron chi connectivity index (χ1n) is 14.5.